The smallest absolute Gasteiger partial charge is 0.217 e. The van der Waals surface area contributed by atoms with Gasteiger partial charge in [0.15, 0.2) is 5.78 Å². The molecule has 0 aliphatic heterocycles. The van der Waals surface area contributed by atoms with Crippen molar-refractivity contribution >= 4 is 17.6 Å². The summed E-state index contributed by atoms with van der Waals surface area (Å²) in [7, 11) is 0. The molecule has 0 saturated heterocycles. The molecule has 0 fully saturated rings. The van der Waals surface area contributed by atoms with Crippen LogP contribution in [0.2, 0.25) is 0 Å². The molecular formula is C33H30N4O3. The monoisotopic (exact) mass is 530 g/mol. The van der Waals surface area contributed by atoms with Crippen LogP contribution < -0.4 is 10.6 Å². The summed E-state index contributed by atoms with van der Waals surface area (Å²) in [4.78, 5) is 46.4. The molecule has 40 heavy (non-hydrogen) atoms. The van der Waals surface area contributed by atoms with Crippen LogP contribution in [0.3, 0.4) is 0 Å². The zero-order chi connectivity index (χ0) is 27.8. The van der Waals surface area contributed by atoms with E-state index in [-0.39, 0.29) is 29.7 Å². The molecule has 0 saturated carbocycles. The van der Waals surface area contributed by atoms with Crippen molar-refractivity contribution in [3.05, 3.63) is 106 Å². The summed E-state index contributed by atoms with van der Waals surface area (Å²) in [5.74, 6) is -0.197. The molecule has 2 aromatic heterocycles. The van der Waals surface area contributed by atoms with Crippen molar-refractivity contribution < 1.29 is 14.4 Å². The highest BCUT2D eigenvalue weighted by Crippen LogP contribution is 2.33. The highest BCUT2D eigenvalue weighted by molar-refractivity contribution is 6.15. The molecule has 7 heteroatoms. The third kappa shape index (κ3) is 5.02. The lowest BCUT2D eigenvalue weighted by atomic mass is 9.93. The van der Waals surface area contributed by atoms with Gasteiger partial charge in [0.2, 0.25) is 11.8 Å². The molecule has 2 aliphatic rings. The molecule has 2 atom stereocenters. The summed E-state index contributed by atoms with van der Waals surface area (Å²) in [5.41, 5.74) is 8.77. The van der Waals surface area contributed by atoms with E-state index in [2.05, 4.69) is 44.9 Å². The summed E-state index contributed by atoms with van der Waals surface area (Å²) < 4.78 is 0. The van der Waals surface area contributed by atoms with Gasteiger partial charge in [-0.1, -0.05) is 24.3 Å². The molecule has 0 bridgehead atoms. The normalized spacial score (nSPS) is 17.1. The Labute approximate surface area is 233 Å². The van der Waals surface area contributed by atoms with Crippen LogP contribution in [0.1, 0.15) is 52.0 Å². The van der Waals surface area contributed by atoms with Crippen LogP contribution in [0, 0.1) is 0 Å². The molecule has 7 nitrogen and oxygen atoms in total. The fraction of sp³-hybridized carbons (Fsp3) is 0.242. The highest BCUT2D eigenvalue weighted by Gasteiger charge is 2.26. The van der Waals surface area contributed by atoms with Crippen molar-refractivity contribution in [2.75, 3.05) is 0 Å². The molecule has 200 valence electrons. The maximum Gasteiger partial charge on any atom is 0.217 e. The van der Waals surface area contributed by atoms with Crippen LogP contribution in [0.5, 0.6) is 0 Å². The van der Waals surface area contributed by atoms with Gasteiger partial charge < -0.3 is 10.6 Å². The number of benzene rings is 2. The van der Waals surface area contributed by atoms with Crippen molar-refractivity contribution in [3.63, 3.8) is 0 Å². The number of hydrogen-bond donors (Lipinski definition) is 2. The fourth-order valence-corrected chi connectivity index (χ4v) is 6.09. The molecule has 2 aliphatic carbocycles. The van der Waals surface area contributed by atoms with Gasteiger partial charge in [-0.15, -0.1) is 0 Å². The van der Waals surface area contributed by atoms with Crippen LogP contribution in [0.25, 0.3) is 22.5 Å². The van der Waals surface area contributed by atoms with Crippen LogP contribution in [-0.2, 0) is 35.3 Å². The van der Waals surface area contributed by atoms with E-state index in [1.807, 2.05) is 24.3 Å². The van der Waals surface area contributed by atoms with Gasteiger partial charge in [0, 0.05) is 60.6 Å². The van der Waals surface area contributed by atoms with E-state index in [0.29, 0.717) is 22.5 Å². The summed E-state index contributed by atoms with van der Waals surface area (Å²) in [6, 6.07) is 19.7. The largest absolute Gasteiger partial charge is 0.353 e. The maximum atomic E-state index is 14.1. The molecule has 2 heterocycles. The lowest BCUT2D eigenvalue weighted by Crippen LogP contribution is -2.33. The van der Waals surface area contributed by atoms with Crippen molar-refractivity contribution in [3.8, 4) is 22.5 Å². The first-order valence-electron chi connectivity index (χ1n) is 13.6. The quantitative estimate of drug-likeness (QED) is 0.363. The van der Waals surface area contributed by atoms with Gasteiger partial charge in [-0.3, -0.25) is 24.4 Å². The van der Waals surface area contributed by atoms with Gasteiger partial charge in [0.1, 0.15) is 0 Å². The van der Waals surface area contributed by atoms with Crippen molar-refractivity contribution in [2.24, 2.45) is 0 Å². The number of amides is 2. The zero-order valence-corrected chi connectivity index (χ0v) is 22.5. The summed E-state index contributed by atoms with van der Waals surface area (Å²) in [6.45, 7) is 3.08. The Morgan fingerprint density at radius 2 is 1.05 bits per heavy atom. The van der Waals surface area contributed by atoms with Gasteiger partial charge in [-0.05, 0) is 84.3 Å². The zero-order valence-electron chi connectivity index (χ0n) is 22.5. The lowest BCUT2D eigenvalue weighted by molar-refractivity contribution is -0.120. The van der Waals surface area contributed by atoms with Crippen LogP contribution in [0.4, 0.5) is 0 Å². The third-order valence-electron chi connectivity index (χ3n) is 7.74. The summed E-state index contributed by atoms with van der Waals surface area (Å²) in [5, 5.41) is 6.03. The number of ketones is 1. The highest BCUT2D eigenvalue weighted by atomic mass is 16.2. The maximum absolute atomic E-state index is 14.1. The number of pyridine rings is 2. The number of carbonyl (C=O) groups excluding carboxylic acids is 3. The minimum atomic E-state index is -0.139. The molecule has 2 amide bonds. The number of rotatable bonds is 6. The Bertz CT molecular complexity index is 1540. The van der Waals surface area contributed by atoms with E-state index in [9.17, 15) is 14.4 Å². The van der Waals surface area contributed by atoms with E-state index < -0.39 is 0 Å². The fourth-order valence-electron chi connectivity index (χ4n) is 6.09. The standard InChI is InChI=1S/C33H30N4O3/c1-19(38)36-27-15-21-7-9-23(13-25(21)17-27)31-29(5-3-11-34-31)33(40)30-6-4-12-35-32(30)24-10-8-22-16-28(37-20(2)39)18-26(22)14-24/h3-14,27-28H,15-18H2,1-2H3,(H,36,38)(H,37,39). The molecule has 6 rings (SSSR count). The van der Waals surface area contributed by atoms with Crippen molar-refractivity contribution in [2.45, 2.75) is 51.6 Å². The number of nitrogens with one attached hydrogen (secondary N) is 2. The second-order valence-corrected chi connectivity index (χ2v) is 10.7. The summed E-state index contributed by atoms with van der Waals surface area (Å²) in [6.07, 6.45) is 6.52. The van der Waals surface area contributed by atoms with E-state index in [1.165, 1.54) is 25.0 Å². The molecule has 2 aromatic carbocycles. The molecular weight excluding hydrogens is 500 g/mol. The summed E-state index contributed by atoms with van der Waals surface area (Å²) >= 11 is 0. The second kappa shape index (κ2) is 10.5. The van der Waals surface area contributed by atoms with Gasteiger partial charge >= 0.3 is 0 Å². The van der Waals surface area contributed by atoms with Crippen molar-refractivity contribution in [1.29, 1.82) is 0 Å². The Hall–Kier alpha value is -4.65. The number of hydrogen-bond acceptors (Lipinski definition) is 5. The van der Waals surface area contributed by atoms with Gasteiger partial charge in [0.05, 0.1) is 11.4 Å². The Kier molecular flexibility index (Phi) is 6.72. The minimum Gasteiger partial charge on any atom is -0.353 e. The van der Waals surface area contributed by atoms with E-state index in [4.69, 9.17) is 0 Å². The van der Waals surface area contributed by atoms with E-state index in [0.717, 1.165) is 47.9 Å². The predicted molar refractivity (Wildman–Crippen MR) is 153 cm³/mol. The minimum absolute atomic E-state index is 0.0289. The molecule has 2 N–H and O–H groups in total. The van der Waals surface area contributed by atoms with Crippen molar-refractivity contribution in [1.82, 2.24) is 20.6 Å². The average molecular weight is 531 g/mol. The number of aromatic nitrogens is 2. The number of fused-ring (bicyclic) bond motifs is 2. The van der Waals surface area contributed by atoms with Crippen LogP contribution in [0.15, 0.2) is 73.1 Å². The molecule has 2 unspecified atom stereocenters. The first kappa shape index (κ1) is 25.6. The van der Waals surface area contributed by atoms with Gasteiger partial charge in [-0.25, -0.2) is 0 Å². The van der Waals surface area contributed by atoms with E-state index >= 15 is 0 Å². The third-order valence-corrected chi connectivity index (χ3v) is 7.74. The molecule has 4 aromatic rings. The second-order valence-electron chi connectivity index (χ2n) is 10.7. The SMILES string of the molecule is CC(=O)NC1Cc2ccc(-c3ncccc3C(=O)c3cccnc3-c3ccc4c(c3)CC(NC(C)=O)C4)cc2C1. The predicted octanol–water partition coefficient (Wildman–Crippen LogP) is 4.25. The van der Waals surface area contributed by atoms with Crippen LogP contribution >= 0.6 is 0 Å². The molecule has 0 spiro atoms. The topological polar surface area (TPSA) is 101 Å². The first-order chi connectivity index (χ1) is 19.4. The van der Waals surface area contributed by atoms with Gasteiger partial charge in [-0.2, -0.15) is 0 Å². The number of nitrogens with zero attached hydrogens (tertiary/aromatic N) is 2. The van der Waals surface area contributed by atoms with Gasteiger partial charge in [0.25, 0.3) is 0 Å². The molecule has 0 radical (unpaired) electrons. The lowest BCUT2D eigenvalue weighted by Gasteiger charge is -2.13. The van der Waals surface area contributed by atoms with Crippen LogP contribution in [-0.4, -0.2) is 39.6 Å². The number of carbonyl (C=O) groups is 3. The Balaban J connectivity index is 1.32. The Morgan fingerprint density at radius 1 is 0.625 bits per heavy atom. The Morgan fingerprint density at radius 3 is 1.48 bits per heavy atom. The average Bonchev–Trinajstić information content (AvgIpc) is 3.53. The van der Waals surface area contributed by atoms with E-state index in [1.54, 1.807) is 24.5 Å². The first-order valence-corrected chi connectivity index (χ1v) is 13.6.